The van der Waals surface area contributed by atoms with Crippen LogP contribution in [-0.2, 0) is 19.4 Å². The van der Waals surface area contributed by atoms with Crippen molar-refractivity contribution in [2.45, 2.75) is 71.4 Å². The monoisotopic (exact) mass is 337 g/mol. The SMILES string of the molecule is CCC(CC)C(O)CNC(=O)NCCc1nnc2n1CCCCC2. The van der Waals surface area contributed by atoms with E-state index in [-0.39, 0.29) is 11.9 Å². The van der Waals surface area contributed by atoms with Gasteiger partial charge in [-0.1, -0.05) is 33.1 Å². The molecule has 2 amide bonds. The van der Waals surface area contributed by atoms with E-state index in [4.69, 9.17) is 0 Å². The number of nitrogens with one attached hydrogen (secondary N) is 2. The van der Waals surface area contributed by atoms with E-state index >= 15 is 0 Å². The smallest absolute Gasteiger partial charge is 0.314 e. The van der Waals surface area contributed by atoms with Crippen molar-refractivity contribution in [3.63, 3.8) is 0 Å². The van der Waals surface area contributed by atoms with E-state index in [0.29, 0.717) is 19.5 Å². The van der Waals surface area contributed by atoms with Crippen LogP contribution in [-0.4, -0.2) is 45.1 Å². The van der Waals surface area contributed by atoms with Crippen molar-refractivity contribution in [2.75, 3.05) is 13.1 Å². The Morgan fingerprint density at radius 1 is 1.21 bits per heavy atom. The van der Waals surface area contributed by atoms with E-state index in [1.807, 2.05) is 0 Å². The molecule has 0 aromatic carbocycles. The zero-order valence-corrected chi connectivity index (χ0v) is 14.9. The average molecular weight is 337 g/mol. The number of amides is 2. The summed E-state index contributed by atoms with van der Waals surface area (Å²) in [5, 5.41) is 24.1. The summed E-state index contributed by atoms with van der Waals surface area (Å²) in [5.41, 5.74) is 0. The Morgan fingerprint density at radius 2 is 2.00 bits per heavy atom. The van der Waals surface area contributed by atoms with Gasteiger partial charge in [0.05, 0.1) is 6.10 Å². The van der Waals surface area contributed by atoms with Gasteiger partial charge in [-0.2, -0.15) is 0 Å². The fourth-order valence-corrected chi connectivity index (χ4v) is 3.28. The molecular weight excluding hydrogens is 306 g/mol. The lowest BCUT2D eigenvalue weighted by Gasteiger charge is -2.20. The minimum absolute atomic E-state index is 0.233. The first-order valence-corrected chi connectivity index (χ1v) is 9.26. The second-order valence-corrected chi connectivity index (χ2v) is 6.53. The Balaban J connectivity index is 1.70. The molecule has 7 nitrogen and oxygen atoms in total. The zero-order chi connectivity index (χ0) is 17.4. The molecule has 7 heteroatoms. The van der Waals surface area contributed by atoms with Crippen LogP contribution in [0.25, 0.3) is 0 Å². The van der Waals surface area contributed by atoms with Crippen LogP contribution in [0.1, 0.15) is 57.6 Å². The Kier molecular flexibility index (Phi) is 7.49. The summed E-state index contributed by atoms with van der Waals surface area (Å²) >= 11 is 0. The zero-order valence-electron chi connectivity index (χ0n) is 14.9. The number of nitrogens with zero attached hydrogens (tertiary/aromatic N) is 3. The topological polar surface area (TPSA) is 92.1 Å². The number of urea groups is 1. The first kappa shape index (κ1) is 18.7. The van der Waals surface area contributed by atoms with Crippen molar-refractivity contribution in [3.05, 3.63) is 11.6 Å². The van der Waals surface area contributed by atoms with Crippen LogP contribution in [0.15, 0.2) is 0 Å². The number of aromatic nitrogens is 3. The molecule has 1 aromatic heterocycles. The minimum Gasteiger partial charge on any atom is -0.391 e. The number of fused-ring (bicyclic) bond motifs is 1. The largest absolute Gasteiger partial charge is 0.391 e. The number of aliphatic hydroxyl groups excluding tert-OH is 1. The number of rotatable bonds is 8. The van der Waals surface area contributed by atoms with E-state index in [1.54, 1.807) is 0 Å². The van der Waals surface area contributed by atoms with Gasteiger partial charge in [0.1, 0.15) is 11.6 Å². The summed E-state index contributed by atoms with van der Waals surface area (Å²) in [6.45, 7) is 5.90. The van der Waals surface area contributed by atoms with Gasteiger partial charge in [0.25, 0.3) is 0 Å². The lowest BCUT2D eigenvalue weighted by Crippen LogP contribution is -2.42. The highest BCUT2D eigenvalue weighted by Gasteiger charge is 2.17. The van der Waals surface area contributed by atoms with Gasteiger partial charge < -0.3 is 20.3 Å². The van der Waals surface area contributed by atoms with E-state index in [1.165, 1.54) is 19.3 Å². The van der Waals surface area contributed by atoms with Gasteiger partial charge in [0.2, 0.25) is 0 Å². The third-order valence-corrected chi connectivity index (χ3v) is 4.88. The predicted molar refractivity (Wildman–Crippen MR) is 92.8 cm³/mol. The molecule has 1 aliphatic rings. The highest BCUT2D eigenvalue weighted by molar-refractivity contribution is 5.73. The van der Waals surface area contributed by atoms with Crippen LogP contribution in [0, 0.1) is 5.92 Å². The molecule has 24 heavy (non-hydrogen) atoms. The van der Waals surface area contributed by atoms with Gasteiger partial charge in [-0.15, -0.1) is 10.2 Å². The lowest BCUT2D eigenvalue weighted by molar-refractivity contribution is 0.103. The van der Waals surface area contributed by atoms with Gasteiger partial charge >= 0.3 is 6.03 Å². The number of carbonyl (C=O) groups excluding carboxylic acids is 1. The Hall–Kier alpha value is -1.63. The summed E-state index contributed by atoms with van der Waals surface area (Å²) < 4.78 is 2.20. The third kappa shape index (κ3) is 5.19. The lowest BCUT2D eigenvalue weighted by atomic mass is 9.97. The molecule has 0 aliphatic carbocycles. The third-order valence-electron chi connectivity index (χ3n) is 4.88. The van der Waals surface area contributed by atoms with E-state index in [0.717, 1.165) is 37.5 Å². The molecule has 0 saturated carbocycles. The molecule has 2 rings (SSSR count). The van der Waals surface area contributed by atoms with Gasteiger partial charge in [0.15, 0.2) is 0 Å². The van der Waals surface area contributed by atoms with Crippen LogP contribution in [0.4, 0.5) is 4.79 Å². The van der Waals surface area contributed by atoms with Gasteiger partial charge in [-0.25, -0.2) is 4.79 Å². The Labute approximate surface area is 144 Å². The van der Waals surface area contributed by atoms with Gasteiger partial charge in [-0.3, -0.25) is 0 Å². The molecule has 136 valence electrons. The van der Waals surface area contributed by atoms with Crippen molar-refractivity contribution in [2.24, 2.45) is 5.92 Å². The molecular formula is C17H31N5O2. The van der Waals surface area contributed by atoms with Crippen LogP contribution in [0.2, 0.25) is 0 Å². The number of hydrogen-bond donors (Lipinski definition) is 3. The molecule has 1 aromatic rings. The van der Waals surface area contributed by atoms with Gasteiger partial charge in [-0.05, 0) is 18.8 Å². The number of hydrogen-bond acceptors (Lipinski definition) is 4. The van der Waals surface area contributed by atoms with Gasteiger partial charge in [0, 0.05) is 32.5 Å². The Morgan fingerprint density at radius 3 is 2.75 bits per heavy atom. The average Bonchev–Trinajstić information content (AvgIpc) is 2.81. The fraction of sp³-hybridized carbons (Fsp3) is 0.824. The van der Waals surface area contributed by atoms with Crippen molar-refractivity contribution >= 4 is 6.03 Å². The molecule has 3 N–H and O–H groups in total. The highest BCUT2D eigenvalue weighted by atomic mass is 16.3. The van der Waals surface area contributed by atoms with Crippen LogP contribution in [0.5, 0.6) is 0 Å². The fourth-order valence-electron chi connectivity index (χ4n) is 3.28. The maximum absolute atomic E-state index is 11.8. The molecule has 2 heterocycles. The summed E-state index contributed by atoms with van der Waals surface area (Å²) in [6, 6.07) is -0.240. The maximum atomic E-state index is 11.8. The number of carbonyl (C=O) groups is 1. The Bertz CT molecular complexity index is 513. The van der Waals surface area contributed by atoms with E-state index < -0.39 is 6.10 Å². The molecule has 1 atom stereocenters. The van der Waals surface area contributed by atoms with E-state index in [2.05, 4.69) is 39.2 Å². The van der Waals surface area contributed by atoms with E-state index in [9.17, 15) is 9.90 Å². The summed E-state index contributed by atoms with van der Waals surface area (Å²) in [7, 11) is 0. The van der Waals surface area contributed by atoms with Crippen LogP contribution in [0.3, 0.4) is 0 Å². The first-order valence-electron chi connectivity index (χ1n) is 9.26. The maximum Gasteiger partial charge on any atom is 0.314 e. The van der Waals surface area contributed by atoms with Crippen LogP contribution >= 0.6 is 0 Å². The number of aryl methyl sites for hydroxylation is 1. The molecule has 0 saturated heterocycles. The first-order chi connectivity index (χ1) is 11.7. The normalized spacial score (nSPS) is 15.7. The minimum atomic E-state index is -0.488. The van der Waals surface area contributed by atoms with Crippen molar-refractivity contribution in [1.82, 2.24) is 25.4 Å². The number of aliphatic hydroxyl groups is 1. The predicted octanol–water partition coefficient (Wildman–Crippen LogP) is 1.64. The standard InChI is InChI=1S/C17H31N5O2/c1-3-13(4-2)14(23)12-19-17(24)18-10-9-16-21-20-15-8-6-5-7-11-22(15)16/h13-14,23H,3-12H2,1-2H3,(H2,18,19,24). The molecule has 0 bridgehead atoms. The quantitative estimate of drug-likeness (QED) is 0.672. The summed E-state index contributed by atoms with van der Waals surface area (Å²) in [4.78, 5) is 11.8. The molecule has 1 aliphatic heterocycles. The molecule has 0 spiro atoms. The molecule has 1 unspecified atom stereocenters. The van der Waals surface area contributed by atoms with Crippen LogP contribution < -0.4 is 10.6 Å². The molecule has 0 fully saturated rings. The second kappa shape index (κ2) is 9.61. The van der Waals surface area contributed by atoms with Crippen molar-refractivity contribution in [3.8, 4) is 0 Å². The highest BCUT2D eigenvalue weighted by Crippen LogP contribution is 2.14. The van der Waals surface area contributed by atoms with Crippen molar-refractivity contribution < 1.29 is 9.90 Å². The summed E-state index contributed by atoms with van der Waals surface area (Å²) in [5.74, 6) is 2.25. The second-order valence-electron chi connectivity index (χ2n) is 6.53. The molecule has 0 radical (unpaired) electrons. The van der Waals surface area contributed by atoms with Crippen molar-refractivity contribution in [1.29, 1.82) is 0 Å². The summed E-state index contributed by atoms with van der Waals surface area (Å²) in [6.07, 6.45) is 6.60.